The minimum absolute atomic E-state index is 0.142. The number of nitrogens with zero attached hydrogens (tertiary/aromatic N) is 2. The molecule has 0 N–H and O–H groups in total. The maximum atomic E-state index is 13.1. The lowest BCUT2D eigenvalue weighted by molar-refractivity contribution is 0.628. The van der Waals surface area contributed by atoms with Gasteiger partial charge in [0.1, 0.15) is 17.0 Å². The van der Waals surface area contributed by atoms with Crippen LogP contribution in [-0.2, 0) is 0 Å². The highest BCUT2D eigenvalue weighted by molar-refractivity contribution is 6.31. The van der Waals surface area contributed by atoms with Crippen molar-refractivity contribution in [1.29, 1.82) is 5.26 Å². The van der Waals surface area contributed by atoms with Crippen LogP contribution >= 0.6 is 11.6 Å². The normalized spacial score (nSPS) is 10.2. The second kappa shape index (κ2) is 5.97. The molecule has 0 aliphatic heterocycles. The molecule has 0 spiro atoms. The highest BCUT2D eigenvalue weighted by Gasteiger charge is 2.13. The molecule has 2 aromatic carbocycles. The van der Waals surface area contributed by atoms with Gasteiger partial charge in [-0.3, -0.25) is 0 Å². The van der Waals surface area contributed by atoms with Crippen molar-refractivity contribution in [2.45, 2.75) is 0 Å². The van der Waals surface area contributed by atoms with Crippen molar-refractivity contribution in [2.24, 2.45) is 0 Å². The maximum absolute atomic E-state index is 13.1. The standard InChI is InChI=1S/C18H10ClFN2/c19-18-16(11-21)15(12-4-2-1-3-5-12)10-17(22-18)13-6-8-14(20)9-7-13/h1-10H. The van der Waals surface area contributed by atoms with E-state index in [4.69, 9.17) is 11.6 Å². The molecule has 0 radical (unpaired) electrons. The van der Waals surface area contributed by atoms with Crippen molar-refractivity contribution in [3.63, 3.8) is 0 Å². The number of pyridine rings is 1. The summed E-state index contributed by atoms with van der Waals surface area (Å²) in [6.45, 7) is 0. The molecular formula is C18H10ClFN2. The molecule has 22 heavy (non-hydrogen) atoms. The zero-order chi connectivity index (χ0) is 15.5. The first-order chi connectivity index (χ1) is 10.7. The van der Waals surface area contributed by atoms with Gasteiger partial charge in [-0.1, -0.05) is 41.9 Å². The second-order valence-corrected chi connectivity index (χ2v) is 5.06. The molecule has 1 aromatic heterocycles. The highest BCUT2D eigenvalue weighted by Crippen LogP contribution is 2.31. The molecule has 3 rings (SSSR count). The Morgan fingerprint density at radius 2 is 1.64 bits per heavy atom. The predicted molar refractivity (Wildman–Crippen MR) is 84.8 cm³/mol. The smallest absolute Gasteiger partial charge is 0.148 e. The molecule has 0 saturated heterocycles. The van der Waals surface area contributed by atoms with E-state index in [2.05, 4.69) is 11.1 Å². The van der Waals surface area contributed by atoms with E-state index < -0.39 is 0 Å². The summed E-state index contributed by atoms with van der Waals surface area (Å²) in [5.41, 5.74) is 3.26. The summed E-state index contributed by atoms with van der Waals surface area (Å²) in [6, 6.07) is 19.4. The van der Waals surface area contributed by atoms with Crippen LogP contribution < -0.4 is 0 Å². The molecular weight excluding hydrogens is 299 g/mol. The van der Waals surface area contributed by atoms with E-state index >= 15 is 0 Å². The van der Waals surface area contributed by atoms with E-state index in [-0.39, 0.29) is 11.0 Å². The molecule has 4 heteroatoms. The first-order valence-electron chi connectivity index (χ1n) is 6.61. The maximum Gasteiger partial charge on any atom is 0.148 e. The average Bonchev–Trinajstić information content (AvgIpc) is 2.55. The van der Waals surface area contributed by atoms with Crippen LogP contribution in [0.5, 0.6) is 0 Å². The average molecular weight is 309 g/mol. The lowest BCUT2D eigenvalue weighted by atomic mass is 9.99. The van der Waals surface area contributed by atoms with Crippen LogP contribution in [0.25, 0.3) is 22.4 Å². The van der Waals surface area contributed by atoms with Gasteiger partial charge in [0.25, 0.3) is 0 Å². The fourth-order valence-electron chi connectivity index (χ4n) is 2.23. The van der Waals surface area contributed by atoms with Gasteiger partial charge < -0.3 is 0 Å². The van der Waals surface area contributed by atoms with Gasteiger partial charge in [-0.15, -0.1) is 0 Å². The summed E-state index contributed by atoms with van der Waals surface area (Å²) in [4.78, 5) is 4.25. The predicted octanol–water partition coefficient (Wildman–Crippen LogP) is 5.08. The minimum atomic E-state index is -0.313. The molecule has 3 aromatic rings. The zero-order valence-corrected chi connectivity index (χ0v) is 12.2. The third kappa shape index (κ3) is 2.69. The third-order valence-electron chi connectivity index (χ3n) is 3.31. The van der Waals surface area contributed by atoms with Crippen molar-refractivity contribution in [3.05, 3.63) is 77.2 Å². The number of hydrogen-bond acceptors (Lipinski definition) is 2. The van der Waals surface area contributed by atoms with Crippen LogP contribution in [0.3, 0.4) is 0 Å². The largest absolute Gasteiger partial charge is 0.235 e. The summed E-state index contributed by atoms with van der Waals surface area (Å²) < 4.78 is 13.1. The van der Waals surface area contributed by atoms with Crippen LogP contribution in [-0.4, -0.2) is 4.98 Å². The van der Waals surface area contributed by atoms with Crippen molar-refractivity contribution in [1.82, 2.24) is 4.98 Å². The van der Waals surface area contributed by atoms with Crippen LogP contribution in [0.2, 0.25) is 5.15 Å². The van der Waals surface area contributed by atoms with E-state index in [0.717, 1.165) is 11.1 Å². The number of halogens is 2. The quantitative estimate of drug-likeness (QED) is 0.619. The first kappa shape index (κ1) is 14.2. The van der Waals surface area contributed by atoms with E-state index in [0.29, 0.717) is 16.8 Å². The molecule has 0 fully saturated rings. The Morgan fingerprint density at radius 3 is 2.27 bits per heavy atom. The minimum Gasteiger partial charge on any atom is -0.235 e. The molecule has 1 heterocycles. The van der Waals surface area contributed by atoms with E-state index in [1.165, 1.54) is 12.1 Å². The summed E-state index contributed by atoms with van der Waals surface area (Å²) >= 11 is 6.16. The van der Waals surface area contributed by atoms with Crippen LogP contribution in [0.15, 0.2) is 60.7 Å². The molecule has 0 aliphatic carbocycles. The summed E-state index contributed by atoms with van der Waals surface area (Å²) in [5, 5.41) is 9.48. The highest BCUT2D eigenvalue weighted by atomic mass is 35.5. The van der Waals surface area contributed by atoms with Crippen molar-refractivity contribution < 1.29 is 4.39 Å². The van der Waals surface area contributed by atoms with E-state index in [9.17, 15) is 9.65 Å². The topological polar surface area (TPSA) is 36.7 Å². The Labute approximate surface area is 132 Å². The van der Waals surface area contributed by atoms with E-state index in [1.807, 2.05) is 30.3 Å². The van der Waals surface area contributed by atoms with Gasteiger partial charge in [-0.25, -0.2) is 9.37 Å². The third-order valence-corrected chi connectivity index (χ3v) is 3.59. The van der Waals surface area contributed by atoms with Gasteiger partial charge in [0.05, 0.1) is 11.3 Å². The summed E-state index contributed by atoms with van der Waals surface area (Å²) in [7, 11) is 0. The van der Waals surface area contributed by atoms with Gasteiger partial charge in [0.2, 0.25) is 0 Å². The fraction of sp³-hybridized carbons (Fsp3) is 0. The molecule has 0 aliphatic rings. The fourth-order valence-corrected chi connectivity index (χ4v) is 2.47. The van der Waals surface area contributed by atoms with Crippen molar-refractivity contribution in [3.8, 4) is 28.5 Å². The lowest BCUT2D eigenvalue weighted by Crippen LogP contribution is -1.93. The Kier molecular flexibility index (Phi) is 3.86. The number of benzene rings is 2. The summed E-state index contributed by atoms with van der Waals surface area (Å²) in [6.07, 6.45) is 0. The van der Waals surface area contributed by atoms with Gasteiger partial charge in [-0.05, 0) is 35.9 Å². The van der Waals surface area contributed by atoms with Crippen LogP contribution in [0, 0.1) is 17.1 Å². The molecule has 0 amide bonds. The Hall–Kier alpha value is -2.70. The lowest BCUT2D eigenvalue weighted by Gasteiger charge is -2.09. The number of hydrogen-bond donors (Lipinski definition) is 0. The number of aromatic nitrogens is 1. The van der Waals surface area contributed by atoms with E-state index in [1.54, 1.807) is 18.2 Å². The van der Waals surface area contributed by atoms with Crippen molar-refractivity contribution >= 4 is 11.6 Å². The molecule has 0 unspecified atom stereocenters. The molecule has 0 bridgehead atoms. The summed E-state index contributed by atoms with van der Waals surface area (Å²) in [5.74, 6) is -0.313. The number of rotatable bonds is 2. The van der Waals surface area contributed by atoms with Crippen LogP contribution in [0.4, 0.5) is 4.39 Å². The van der Waals surface area contributed by atoms with Gasteiger partial charge in [0, 0.05) is 11.1 Å². The monoisotopic (exact) mass is 308 g/mol. The Morgan fingerprint density at radius 1 is 0.955 bits per heavy atom. The molecule has 0 atom stereocenters. The van der Waals surface area contributed by atoms with Gasteiger partial charge in [0.15, 0.2) is 0 Å². The Bertz CT molecular complexity index is 853. The van der Waals surface area contributed by atoms with Gasteiger partial charge in [-0.2, -0.15) is 5.26 Å². The molecule has 0 saturated carbocycles. The molecule has 2 nitrogen and oxygen atoms in total. The SMILES string of the molecule is N#Cc1c(-c2ccccc2)cc(-c2ccc(F)cc2)nc1Cl. The van der Waals surface area contributed by atoms with Crippen LogP contribution in [0.1, 0.15) is 5.56 Å². The second-order valence-electron chi connectivity index (χ2n) is 4.71. The molecule has 106 valence electrons. The zero-order valence-electron chi connectivity index (χ0n) is 11.4. The first-order valence-corrected chi connectivity index (χ1v) is 6.99. The Balaban J connectivity index is 2.21. The van der Waals surface area contributed by atoms with Gasteiger partial charge >= 0.3 is 0 Å². The van der Waals surface area contributed by atoms with Crippen molar-refractivity contribution in [2.75, 3.05) is 0 Å². The number of nitriles is 1.